The number of amides is 1. The molecule has 1 rings (SSSR count). The van der Waals surface area contributed by atoms with Crippen LogP contribution in [0, 0.1) is 0 Å². The number of nitrogens with zero attached hydrogens (tertiary/aromatic N) is 4. The zero-order chi connectivity index (χ0) is 20.4. The lowest BCUT2D eigenvalue weighted by Crippen LogP contribution is -2.43. The van der Waals surface area contributed by atoms with Crippen LogP contribution in [0.3, 0.4) is 0 Å². The normalized spacial score (nSPS) is 11.8. The highest BCUT2D eigenvalue weighted by atomic mass is 127. The van der Waals surface area contributed by atoms with Crippen LogP contribution in [0.4, 0.5) is 4.79 Å². The van der Waals surface area contributed by atoms with E-state index in [9.17, 15) is 4.79 Å². The monoisotopic (exact) mass is 508 g/mol. The standard InChI is InChI=1S/C19H36N6O2.HI/c1-8-20-17(22-14-16-10-12-23-24(16)7)21-11-9-13-25(15(2)3)18(26)27-19(4,5)6;/h10,12,15H,8-9,11,13-14H2,1-7H3,(H2,20,21,22);1H. The summed E-state index contributed by atoms with van der Waals surface area (Å²) in [6.07, 6.45) is 2.30. The minimum atomic E-state index is -0.487. The first-order valence-corrected chi connectivity index (χ1v) is 9.62. The number of aromatic nitrogens is 2. The minimum absolute atomic E-state index is 0. The summed E-state index contributed by atoms with van der Waals surface area (Å²) in [5, 5.41) is 10.7. The van der Waals surface area contributed by atoms with E-state index in [-0.39, 0.29) is 36.1 Å². The summed E-state index contributed by atoms with van der Waals surface area (Å²) in [5.41, 5.74) is 0.558. The predicted octanol–water partition coefficient (Wildman–Crippen LogP) is 3.13. The Morgan fingerprint density at radius 2 is 2.04 bits per heavy atom. The van der Waals surface area contributed by atoms with Gasteiger partial charge in [0.1, 0.15) is 5.60 Å². The van der Waals surface area contributed by atoms with Crippen molar-refractivity contribution in [1.82, 2.24) is 25.3 Å². The van der Waals surface area contributed by atoms with Gasteiger partial charge >= 0.3 is 6.09 Å². The summed E-state index contributed by atoms with van der Waals surface area (Å²) in [7, 11) is 1.91. The Morgan fingerprint density at radius 1 is 1.36 bits per heavy atom. The first kappa shape index (κ1) is 26.5. The number of rotatable bonds is 8. The van der Waals surface area contributed by atoms with Crippen molar-refractivity contribution in [3.8, 4) is 0 Å². The molecule has 0 aliphatic carbocycles. The van der Waals surface area contributed by atoms with Gasteiger partial charge in [-0.1, -0.05) is 0 Å². The molecule has 0 atom stereocenters. The number of halogens is 1. The second kappa shape index (κ2) is 12.8. The summed E-state index contributed by atoms with van der Waals surface area (Å²) in [6.45, 7) is 14.3. The Morgan fingerprint density at radius 3 is 2.54 bits per heavy atom. The van der Waals surface area contributed by atoms with Gasteiger partial charge in [0.15, 0.2) is 5.96 Å². The van der Waals surface area contributed by atoms with E-state index in [1.165, 1.54) is 0 Å². The quantitative estimate of drug-likeness (QED) is 0.244. The molecule has 0 aliphatic heterocycles. The van der Waals surface area contributed by atoms with E-state index in [0.717, 1.165) is 24.6 Å². The largest absolute Gasteiger partial charge is 0.444 e. The van der Waals surface area contributed by atoms with Gasteiger partial charge in [0.2, 0.25) is 0 Å². The molecule has 0 aliphatic rings. The Kier molecular flexibility index (Phi) is 12.1. The molecule has 2 N–H and O–H groups in total. The van der Waals surface area contributed by atoms with Crippen molar-refractivity contribution in [2.75, 3.05) is 19.6 Å². The van der Waals surface area contributed by atoms with Gasteiger partial charge in [-0.05, 0) is 54.0 Å². The molecule has 0 aromatic carbocycles. The van der Waals surface area contributed by atoms with Crippen LogP contribution in [-0.2, 0) is 18.3 Å². The van der Waals surface area contributed by atoms with E-state index in [1.54, 1.807) is 11.1 Å². The first-order chi connectivity index (χ1) is 12.6. The molecule has 8 nitrogen and oxygen atoms in total. The van der Waals surface area contributed by atoms with Crippen molar-refractivity contribution < 1.29 is 9.53 Å². The molecule has 0 saturated carbocycles. The number of carbonyl (C=O) groups is 1. The molecular weight excluding hydrogens is 471 g/mol. The maximum Gasteiger partial charge on any atom is 0.410 e. The van der Waals surface area contributed by atoms with Crippen molar-refractivity contribution >= 4 is 36.0 Å². The van der Waals surface area contributed by atoms with E-state index >= 15 is 0 Å². The van der Waals surface area contributed by atoms with Crippen molar-refractivity contribution in [3.63, 3.8) is 0 Å². The van der Waals surface area contributed by atoms with Crippen LogP contribution < -0.4 is 10.6 Å². The molecule has 1 aromatic rings. The van der Waals surface area contributed by atoms with E-state index in [0.29, 0.717) is 19.6 Å². The van der Waals surface area contributed by atoms with Gasteiger partial charge < -0.3 is 20.3 Å². The predicted molar refractivity (Wildman–Crippen MR) is 124 cm³/mol. The van der Waals surface area contributed by atoms with Crippen molar-refractivity contribution in [2.45, 2.75) is 66.2 Å². The molecule has 0 radical (unpaired) electrons. The number of carbonyl (C=O) groups excluding carboxylic acids is 1. The lowest BCUT2D eigenvalue weighted by molar-refractivity contribution is 0.0190. The topological polar surface area (TPSA) is 83.8 Å². The average molecular weight is 508 g/mol. The van der Waals surface area contributed by atoms with E-state index in [1.807, 2.05) is 59.3 Å². The number of ether oxygens (including phenoxy) is 1. The summed E-state index contributed by atoms with van der Waals surface area (Å²) in [5.74, 6) is 0.757. The summed E-state index contributed by atoms with van der Waals surface area (Å²) >= 11 is 0. The number of aryl methyl sites for hydroxylation is 1. The van der Waals surface area contributed by atoms with Crippen LogP contribution in [0.1, 0.15) is 53.7 Å². The molecule has 0 saturated heterocycles. The Hall–Kier alpha value is -1.52. The number of hydrogen-bond acceptors (Lipinski definition) is 4. The molecular formula is C19H37IN6O2. The molecule has 162 valence electrons. The van der Waals surface area contributed by atoms with Crippen LogP contribution in [0.15, 0.2) is 17.3 Å². The second-order valence-corrected chi connectivity index (χ2v) is 7.69. The maximum absolute atomic E-state index is 12.3. The highest BCUT2D eigenvalue weighted by molar-refractivity contribution is 14.0. The van der Waals surface area contributed by atoms with Crippen molar-refractivity contribution in [2.24, 2.45) is 12.0 Å². The lowest BCUT2D eigenvalue weighted by Gasteiger charge is -2.30. The second-order valence-electron chi connectivity index (χ2n) is 7.69. The van der Waals surface area contributed by atoms with Crippen LogP contribution >= 0.6 is 24.0 Å². The van der Waals surface area contributed by atoms with Gasteiger partial charge in [0.25, 0.3) is 0 Å². The van der Waals surface area contributed by atoms with Crippen molar-refractivity contribution in [3.05, 3.63) is 18.0 Å². The number of guanidine groups is 1. The Labute approximate surface area is 186 Å². The number of hydrogen-bond donors (Lipinski definition) is 2. The summed E-state index contributed by atoms with van der Waals surface area (Å²) < 4.78 is 7.31. The van der Waals surface area contributed by atoms with Crippen LogP contribution in [0.5, 0.6) is 0 Å². The van der Waals surface area contributed by atoms with Gasteiger partial charge in [0, 0.05) is 38.9 Å². The molecule has 0 bridgehead atoms. The Bertz CT molecular complexity index is 610. The molecule has 28 heavy (non-hydrogen) atoms. The van der Waals surface area contributed by atoms with E-state index in [4.69, 9.17) is 4.74 Å². The van der Waals surface area contributed by atoms with Gasteiger partial charge in [-0.2, -0.15) is 5.10 Å². The fourth-order valence-corrected chi connectivity index (χ4v) is 2.40. The zero-order valence-corrected chi connectivity index (χ0v) is 20.6. The smallest absolute Gasteiger partial charge is 0.410 e. The molecule has 0 unspecified atom stereocenters. The maximum atomic E-state index is 12.3. The minimum Gasteiger partial charge on any atom is -0.444 e. The van der Waals surface area contributed by atoms with Crippen molar-refractivity contribution in [1.29, 1.82) is 0 Å². The summed E-state index contributed by atoms with van der Waals surface area (Å²) in [6, 6.07) is 2.04. The SMILES string of the molecule is CCNC(=NCc1ccnn1C)NCCCN(C(=O)OC(C)(C)C)C(C)C.I. The third kappa shape index (κ3) is 10.1. The van der Waals surface area contributed by atoms with E-state index in [2.05, 4.69) is 20.7 Å². The first-order valence-electron chi connectivity index (χ1n) is 9.62. The molecule has 9 heteroatoms. The van der Waals surface area contributed by atoms with E-state index < -0.39 is 5.60 Å². The Balaban J connectivity index is 0.00000729. The highest BCUT2D eigenvalue weighted by Gasteiger charge is 2.23. The fourth-order valence-electron chi connectivity index (χ4n) is 2.40. The summed E-state index contributed by atoms with van der Waals surface area (Å²) in [4.78, 5) is 18.7. The van der Waals surface area contributed by atoms with Gasteiger partial charge in [-0.15, -0.1) is 24.0 Å². The van der Waals surface area contributed by atoms with Crippen LogP contribution in [0.2, 0.25) is 0 Å². The lowest BCUT2D eigenvalue weighted by atomic mass is 10.2. The molecule has 1 amide bonds. The highest BCUT2D eigenvalue weighted by Crippen LogP contribution is 2.12. The number of aliphatic imine (C=N–C) groups is 1. The van der Waals surface area contributed by atoms with Gasteiger partial charge in [-0.3, -0.25) is 4.68 Å². The molecule has 0 fully saturated rings. The molecule has 1 aromatic heterocycles. The fraction of sp³-hybridized carbons (Fsp3) is 0.737. The van der Waals surface area contributed by atoms with Gasteiger partial charge in [-0.25, -0.2) is 9.79 Å². The van der Waals surface area contributed by atoms with Crippen LogP contribution in [0.25, 0.3) is 0 Å². The third-order valence-corrected chi connectivity index (χ3v) is 3.79. The third-order valence-electron chi connectivity index (χ3n) is 3.79. The molecule has 1 heterocycles. The van der Waals surface area contributed by atoms with Crippen LogP contribution in [-0.4, -0.2) is 58.0 Å². The molecule has 0 spiro atoms. The average Bonchev–Trinajstić information content (AvgIpc) is 2.95. The zero-order valence-electron chi connectivity index (χ0n) is 18.3. The van der Waals surface area contributed by atoms with Gasteiger partial charge in [0.05, 0.1) is 12.2 Å². The number of nitrogens with one attached hydrogen (secondary N) is 2.